The van der Waals surface area contributed by atoms with E-state index in [0.717, 1.165) is 2.88 Å². The van der Waals surface area contributed by atoms with Crippen molar-refractivity contribution in [3.8, 4) is 11.1 Å². The Hall–Kier alpha value is -1.44. The summed E-state index contributed by atoms with van der Waals surface area (Å²) in [6.07, 6.45) is 0. The molecular weight excluding hydrogens is 448 g/mol. The summed E-state index contributed by atoms with van der Waals surface area (Å²) in [4.78, 5) is 12.4. The van der Waals surface area contributed by atoms with Crippen LogP contribution in [-0.4, -0.2) is 5.91 Å². The van der Waals surface area contributed by atoms with Gasteiger partial charge in [-0.15, -0.1) is 11.3 Å². The van der Waals surface area contributed by atoms with Crippen LogP contribution in [0.4, 0.5) is 10.1 Å². The van der Waals surface area contributed by atoms with Crippen LogP contribution in [0.5, 0.6) is 0 Å². The van der Waals surface area contributed by atoms with Gasteiger partial charge in [-0.05, 0) is 46.2 Å². The van der Waals surface area contributed by atoms with E-state index in [1.54, 1.807) is 42.5 Å². The van der Waals surface area contributed by atoms with Gasteiger partial charge in [0.2, 0.25) is 0 Å². The highest BCUT2D eigenvalue weighted by Crippen LogP contribution is 2.33. The monoisotopic (exact) mass is 457 g/mol. The van der Waals surface area contributed by atoms with Crippen molar-refractivity contribution < 1.29 is 9.18 Å². The number of hydrogen-bond acceptors (Lipinski definition) is 2. The van der Waals surface area contributed by atoms with Crippen molar-refractivity contribution in [1.29, 1.82) is 0 Å². The lowest BCUT2D eigenvalue weighted by Gasteiger charge is -2.12. The normalized spacial score (nSPS) is 10.6. The first-order valence-corrected chi connectivity index (χ1v) is 8.99. The quantitative estimate of drug-likeness (QED) is 0.476. The van der Waals surface area contributed by atoms with Gasteiger partial charge in [-0.3, -0.25) is 4.79 Å². The molecule has 2 aromatic carbocycles. The number of benzene rings is 2. The third-order valence-electron chi connectivity index (χ3n) is 3.28. The first kappa shape index (κ1) is 16.4. The Labute approximate surface area is 155 Å². The van der Waals surface area contributed by atoms with Gasteiger partial charge in [0.25, 0.3) is 5.91 Å². The topological polar surface area (TPSA) is 29.1 Å². The molecule has 0 aliphatic carbocycles. The summed E-state index contributed by atoms with van der Waals surface area (Å²) in [5, 5.41) is 4.76. The lowest BCUT2D eigenvalue weighted by atomic mass is 10.0. The van der Waals surface area contributed by atoms with Gasteiger partial charge in [-0.1, -0.05) is 41.9 Å². The molecule has 1 aromatic heterocycles. The summed E-state index contributed by atoms with van der Waals surface area (Å²) in [7, 11) is 0. The fourth-order valence-electron chi connectivity index (χ4n) is 2.18. The Morgan fingerprint density at radius 3 is 2.57 bits per heavy atom. The molecule has 3 rings (SSSR count). The van der Waals surface area contributed by atoms with E-state index in [-0.39, 0.29) is 10.9 Å². The molecule has 0 bridgehead atoms. The van der Waals surface area contributed by atoms with Crippen LogP contribution < -0.4 is 5.32 Å². The van der Waals surface area contributed by atoms with Crippen LogP contribution in [0.3, 0.4) is 0 Å². The van der Waals surface area contributed by atoms with Crippen LogP contribution in [0.15, 0.2) is 53.9 Å². The Bertz CT molecular complexity index is 881. The van der Waals surface area contributed by atoms with Gasteiger partial charge in [0.05, 0.1) is 13.5 Å². The number of anilines is 1. The lowest BCUT2D eigenvalue weighted by Crippen LogP contribution is -2.12. The molecule has 1 heterocycles. The molecule has 1 amide bonds. The number of rotatable bonds is 3. The van der Waals surface area contributed by atoms with E-state index in [9.17, 15) is 9.18 Å². The first-order chi connectivity index (χ1) is 11.1. The minimum atomic E-state index is -0.499. The van der Waals surface area contributed by atoms with Crippen molar-refractivity contribution in [2.24, 2.45) is 0 Å². The van der Waals surface area contributed by atoms with Gasteiger partial charge in [-0.2, -0.15) is 0 Å². The third-order valence-corrected chi connectivity index (χ3v) is 5.61. The number of carbonyl (C=O) groups excluding carboxylic acids is 1. The van der Waals surface area contributed by atoms with Crippen LogP contribution in [-0.2, 0) is 0 Å². The molecule has 0 aliphatic heterocycles. The molecule has 3 aromatic rings. The van der Waals surface area contributed by atoms with E-state index in [1.165, 1.54) is 17.4 Å². The second-order valence-electron chi connectivity index (χ2n) is 4.71. The highest BCUT2D eigenvalue weighted by molar-refractivity contribution is 14.1. The average Bonchev–Trinajstić information content (AvgIpc) is 2.97. The Balaban J connectivity index is 2.00. The summed E-state index contributed by atoms with van der Waals surface area (Å²) in [5.74, 6) is -0.716. The van der Waals surface area contributed by atoms with Crippen LogP contribution in [0.25, 0.3) is 11.1 Å². The molecule has 116 valence electrons. The lowest BCUT2D eigenvalue weighted by molar-refractivity contribution is 0.102. The van der Waals surface area contributed by atoms with Crippen molar-refractivity contribution in [2.45, 2.75) is 0 Å². The second-order valence-corrected chi connectivity index (χ2v) is 7.84. The minimum absolute atomic E-state index is 0.0519. The molecule has 6 heteroatoms. The molecule has 0 unspecified atom stereocenters. The number of amides is 1. The second kappa shape index (κ2) is 6.98. The number of thiophene rings is 1. The molecular formula is C17H10ClFINOS. The van der Waals surface area contributed by atoms with Crippen LogP contribution in [0.1, 0.15) is 10.4 Å². The van der Waals surface area contributed by atoms with E-state index >= 15 is 0 Å². The van der Waals surface area contributed by atoms with Gasteiger partial charge >= 0.3 is 0 Å². The van der Waals surface area contributed by atoms with Gasteiger partial charge in [0.1, 0.15) is 5.82 Å². The van der Waals surface area contributed by atoms with Crippen molar-refractivity contribution in [3.63, 3.8) is 0 Å². The molecule has 2 nitrogen and oxygen atoms in total. The zero-order chi connectivity index (χ0) is 16.4. The molecule has 0 atom stereocenters. The molecule has 0 aliphatic rings. The zero-order valence-corrected chi connectivity index (χ0v) is 15.4. The third kappa shape index (κ3) is 3.41. The van der Waals surface area contributed by atoms with E-state index < -0.39 is 5.82 Å². The molecule has 0 fully saturated rings. The summed E-state index contributed by atoms with van der Waals surface area (Å²) in [6.45, 7) is 0. The number of carbonyl (C=O) groups is 1. The molecule has 23 heavy (non-hydrogen) atoms. The summed E-state index contributed by atoms with van der Waals surface area (Å²) in [6, 6.07) is 13.7. The predicted molar refractivity (Wildman–Crippen MR) is 102 cm³/mol. The number of nitrogens with one attached hydrogen (secondary N) is 1. The molecule has 0 saturated carbocycles. The predicted octanol–water partition coefficient (Wildman–Crippen LogP) is 6.06. The maximum absolute atomic E-state index is 14.3. The van der Waals surface area contributed by atoms with Crippen LogP contribution >= 0.6 is 45.5 Å². The summed E-state index contributed by atoms with van der Waals surface area (Å²) >= 11 is 9.48. The highest BCUT2D eigenvalue weighted by atomic mass is 127. The smallest absolute Gasteiger partial charge is 0.257 e. The zero-order valence-electron chi connectivity index (χ0n) is 11.6. The Morgan fingerprint density at radius 1 is 1.09 bits per heavy atom. The van der Waals surface area contributed by atoms with E-state index in [0.29, 0.717) is 22.4 Å². The van der Waals surface area contributed by atoms with Gasteiger partial charge in [-0.25, -0.2) is 4.39 Å². The number of hydrogen-bond donors (Lipinski definition) is 1. The highest BCUT2D eigenvalue weighted by Gasteiger charge is 2.16. The molecule has 0 spiro atoms. The van der Waals surface area contributed by atoms with Crippen LogP contribution in [0.2, 0.25) is 5.02 Å². The first-order valence-electron chi connectivity index (χ1n) is 6.65. The van der Waals surface area contributed by atoms with Crippen molar-refractivity contribution in [3.05, 3.63) is 73.2 Å². The number of halogens is 3. The fourth-order valence-corrected chi connectivity index (χ4v) is 3.84. The van der Waals surface area contributed by atoms with E-state index in [2.05, 4.69) is 27.9 Å². The van der Waals surface area contributed by atoms with Crippen molar-refractivity contribution >= 4 is 57.1 Å². The van der Waals surface area contributed by atoms with Gasteiger partial charge in [0, 0.05) is 16.8 Å². The largest absolute Gasteiger partial charge is 0.321 e. The molecule has 0 saturated heterocycles. The maximum atomic E-state index is 14.3. The van der Waals surface area contributed by atoms with Gasteiger partial charge < -0.3 is 5.32 Å². The Morgan fingerprint density at radius 2 is 1.83 bits per heavy atom. The summed E-state index contributed by atoms with van der Waals surface area (Å²) in [5.41, 5.74) is 2.09. The maximum Gasteiger partial charge on any atom is 0.257 e. The van der Waals surface area contributed by atoms with Gasteiger partial charge in [0.15, 0.2) is 0 Å². The minimum Gasteiger partial charge on any atom is -0.321 e. The standard InChI is InChI=1S/C17H10ClFINOS/c18-13-6-3-5-11(15(13)19)10-4-1-2-7-14(10)21-17(22)12-8-9-23-16(12)20/h1-9H,(H,21,22). The van der Waals surface area contributed by atoms with E-state index in [4.69, 9.17) is 11.6 Å². The molecule has 0 radical (unpaired) electrons. The molecule has 1 N–H and O–H groups in total. The Kier molecular flexibility index (Phi) is 4.99. The SMILES string of the molecule is O=C(Nc1ccccc1-c1cccc(Cl)c1F)c1ccsc1I. The fraction of sp³-hybridized carbons (Fsp3) is 0. The average molecular weight is 458 g/mol. The van der Waals surface area contributed by atoms with Crippen LogP contribution in [0, 0.1) is 8.70 Å². The number of para-hydroxylation sites is 1. The van der Waals surface area contributed by atoms with E-state index in [1.807, 2.05) is 5.38 Å². The van der Waals surface area contributed by atoms with Crippen molar-refractivity contribution in [2.75, 3.05) is 5.32 Å². The van der Waals surface area contributed by atoms with Crippen molar-refractivity contribution in [1.82, 2.24) is 0 Å². The summed E-state index contributed by atoms with van der Waals surface area (Å²) < 4.78 is 15.2.